The van der Waals surface area contributed by atoms with Crippen molar-refractivity contribution in [1.29, 1.82) is 0 Å². The molecule has 0 aromatic heterocycles. The highest BCUT2D eigenvalue weighted by Gasteiger charge is 2.26. The van der Waals surface area contributed by atoms with Crippen LogP contribution in [0.5, 0.6) is 0 Å². The van der Waals surface area contributed by atoms with Crippen molar-refractivity contribution >= 4 is 11.8 Å². The van der Waals surface area contributed by atoms with Crippen molar-refractivity contribution in [2.75, 3.05) is 26.2 Å². The second-order valence-corrected chi connectivity index (χ2v) is 4.06. The first-order chi connectivity index (χ1) is 7.69. The van der Waals surface area contributed by atoms with Crippen LogP contribution in [0.3, 0.4) is 0 Å². The van der Waals surface area contributed by atoms with Gasteiger partial charge in [-0.05, 0) is 12.8 Å². The topological polar surface area (TPSA) is 61.4 Å². The average Bonchev–Trinajstić information content (AvgIpc) is 2.29. The summed E-state index contributed by atoms with van der Waals surface area (Å²) in [4.78, 5) is 24.9. The molecule has 1 fully saturated rings. The summed E-state index contributed by atoms with van der Waals surface area (Å²) in [6, 6.07) is -0.254. The summed E-state index contributed by atoms with van der Waals surface area (Å²) in [6.07, 6.45) is 1.93. The van der Waals surface area contributed by atoms with E-state index in [0.29, 0.717) is 6.54 Å². The van der Waals surface area contributed by atoms with Crippen molar-refractivity contribution in [2.24, 2.45) is 0 Å². The van der Waals surface area contributed by atoms with Crippen LogP contribution >= 0.6 is 0 Å². The van der Waals surface area contributed by atoms with Gasteiger partial charge in [0.2, 0.25) is 11.8 Å². The van der Waals surface area contributed by atoms with Gasteiger partial charge in [-0.3, -0.25) is 14.9 Å². The molecule has 0 aromatic carbocycles. The van der Waals surface area contributed by atoms with Gasteiger partial charge in [0.1, 0.15) is 6.04 Å². The predicted molar refractivity (Wildman–Crippen MR) is 62.0 cm³/mol. The van der Waals surface area contributed by atoms with E-state index >= 15 is 0 Å². The Hall–Kier alpha value is -1.10. The van der Waals surface area contributed by atoms with Gasteiger partial charge in [0.25, 0.3) is 0 Å². The van der Waals surface area contributed by atoms with E-state index in [0.717, 1.165) is 25.9 Å². The van der Waals surface area contributed by atoms with E-state index < -0.39 is 0 Å². The summed E-state index contributed by atoms with van der Waals surface area (Å²) in [6.45, 7) is 6.35. The Morgan fingerprint density at radius 3 is 2.44 bits per heavy atom. The van der Waals surface area contributed by atoms with E-state index in [4.69, 9.17) is 0 Å². The zero-order valence-electron chi connectivity index (χ0n) is 10.1. The Bertz CT molecular complexity index is 240. The number of amides is 2. The van der Waals surface area contributed by atoms with Gasteiger partial charge in [-0.2, -0.15) is 0 Å². The van der Waals surface area contributed by atoms with E-state index in [9.17, 15) is 9.59 Å². The maximum atomic E-state index is 12.1. The number of piperazine rings is 1. The van der Waals surface area contributed by atoms with Crippen LogP contribution in [0.15, 0.2) is 0 Å². The number of hydrogen-bond donors (Lipinski definition) is 2. The molecule has 2 amide bonds. The van der Waals surface area contributed by atoms with Gasteiger partial charge >= 0.3 is 0 Å². The molecule has 16 heavy (non-hydrogen) atoms. The first-order valence-corrected chi connectivity index (χ1v) is 5.97. The third-order valence-electron chi connectivity index (χ3n) is 2.61. The number of rotatable bonds is 5. The Morgan fingerprint density at radius 1 is 1.38 bits per heavy atom. The van der Waals surface area contributed by atoms with Gasteiger partial charge in [-0.15, -0.1) is 0 Å². The van der Waals surface area contributed by atoms with E-state index in [1.54, 1.807) is 0 Å². The molecule has 0 radical (unpaired) electrons. The standard InChI is InChI=1S/C11H21N3O2/c1-3-5-14(6-4-2)11(16)9-7-13-10(15)8-12-9/h9,12H,3-8H2,1-2H3,(H,13,15). The molecule has 0 saturated carbocycles. The first kappa shape index (κ1) is 13.0. The van der Waals surface area contributed by atoms with Crippen LogP contribution < -0.4 is 10.6 Å². The molecule has 92 valence electrons. The Morgan fingerprint density at radius 2 is 2.00 bits per heavy atom. The zero-order chi connectivity index (χ0) is 12.0. The molecule has 2 N–H and O–H groups in total. The molecule has 1 aliphatic rings. The second kappa shape index (κ2) is 6.48. The van der Waals surface area contributed by atoms with Crippen molar-refractivity contribution in [3.8, 4) is 0 Å². The molecule has 0 bridgehead atoms. The van der Waals surface area contributed by atoms with Gasteiger partial charge in [0, 0.05) is 19.6 Å². The third-order valence-corrected chi connectivity index (χ3v) is 2.61. The number of nitrogens with zero attached hydrogens (tertiary/aromatic N) is 1. The van der Waals surface area contributed by atoms with Crippen LogP contribution in [0.4, 0.5) is 0 Å². The number of carbonyl (C=O) groups excluding carboxylic acids is 2. The fourth-order valence-electron chi connectivity index (χ4n) is 1.83. The SMILES string of the molecule is CCCN(CCC)C(=O)C1CNC(=O)CN1. The molecule has 1 atom stereocenters. The molecule has 0 aliphatic carbocycles. The van der Waals surface area contributed by atoms with E-state index in [2.05, 4.69) is 24.5 Å². The van der Waals surface area contributed by atoms with Crippen molar-refractivity contribution in [1.82, 2.24) is 15.5 Å². The van der Waals surface area contributed by atoms with Gasteiger partial charge < -0.3 is 10.2 Å². The molecular formula is C11H21N3O2. The number of carbonyl (C=O) groups is 2. The smallest absolute Gasteiger partial charge is 0.241 e. The third kappa shape index (κ3) is 3.48. The molecule has 1 heterocycles. The number of nitrogens with one attached hydrogen (secondary N) is 2. The monoisotopic (exact) mass is 227 g/mol. The molecule has 1 rings (SSSR count). The highest BCUT2D eigenvalue weighted by Crippen LogP contribution is 2.00. The maximum Gasteiger partial charge on any atom is 0.241 e. The van der Waals surface area contributed by atoms with Crippen molar-refractivity contribution in [3.63, 3.8) is 0 Å². The molecule has 1 aliphatic heterocycles. The normalized spacial score (nSPS) is 20.4. The highest BCUT2D eigenvalue weighted by atomic mass is 16.2. The van der Waals surface area contributed by atoms with Crippen molar-refractivity contribution in [2.45, 2.75) is 32.7 Å². The summed E-state index contributed by atoms with van der Waals surface area (Å²) in [5.74, 6) is 0.0604. The quantitative estimate of drug-likeness (QED) is 0.679. The minimum absolute atomic E-state index is 0.0402. The van der Waals surface area contributed by atoms with E-state index in [1.807, 2.05) is 4.90 Å². The molecule has 0 spiro atoms. The van der Waals surface area contributed by atoms with Gasteiger partial charge in [0.05, 0.1) is 6.54 Å². The van der Waals surface area contributed by atoms with Gasteiger partial charge in [-0.1, -0.05) is 13.8 Å². The van der Waals surface area contributed by atoms with Gasteiger partial charge in [-0.25, -0.2) is 0 Å². The van der Waals surface area contributed by atoms with Crippen molar-refractivity contribution in [3.05, 3.63) is 0 Å². The van der Waals surface area contributed by atoms with E-state index in [-0.39, 0.29) is 24.4 Å². The molecule has 1 unspecified atom stereocenters. The Balaban J connectivity index is 2.49. The lowest BCUT2D eigenvalue weighted by atomic mass is 10.2. The van der Waals surface area contributed by atoms with Crippen LogP contribution in [0.25, 0.3) is 0 Å². The van der Waals surface area contributed by atoms with E-state index in [1.165, 1.54) is 0 Å². The fourth-order valence-corrected chi connectivity index (χ4v) is 1.83. The number of hydrogen-bond acceptors (Lipinski definition) is 3. The predicted octanol–water partition coefficient (Wildman–Crippen LogP) is -0.277. The lowest BCUT2D eigenvalue weighted by Crippen LogP contribution is -2.58. The molecular weight excluding hydrogens is 206 g/mol. The lowest BCUT2D eigenvalue weighted by Gasteiger charge is -2.29. The van der Waals surface area contributed by atoms with Crippen LogP contribution in [-0.2, 0) is 9.59 Å². The lowest BCUT2D eigenvalue weighted by molar-refractivity contribution is -0.135. The summed E-state index contributed by atoms with van der Waals surface area (Å²) < 4.78 is 0. The Kier molecular flexibility index (Phi) is 5.25. The second-order valence-electron chi connectivity index (χ2n) is 4.06. The summed E-state index contributed by atoms with van der Waals surface area (Å²) in [5.41, 5.74) is 0. The molecule has 5 heteroatoms. The van der Waals surface area contributed by atoms with Crippen molar-refractivity contribution < 1.29 is 9.59 Å². The van der Waals surface area contributed by atoms with Crippen LogP contribution in [-0.4, -0.2) is 48.9 Å². The molecule has 5 nitrogen and oxygen atoms in total. The van der Waals surface area contributed by atoms with Crippen LogP contribution in [0.2, 0.25) is 0 Å². The summed E-state index contributed by atoms with van der Waals surface area (Å²) in [5, 5.41) is 5.67. The zero-order valence-corrected chi connectivity index (χ0v) is 10.1. The van der Waals surface area contributed by atoms with Crippen LogP contribution in [0.1, 0.15) is 26.7 Å². The highest BCUT2D eigenvalue weighted by molar-refractivity contribution is 5.86. The largest absolute Gasteiger partial charge is 0.353 e. The summed E-state index contributed by atoms with van der Waals surface area (Å²) in [7, 11) is 0. The summed E-state index contributed by atoms with van der Waals surface area (Å²) >= 11 is 0. The fraction of sp³-hybridized carbons (Fsp3) is 0.818. The minimum atomic E-state index is -0.254. The first-order valence-electron chi connectivity index (χ1n) is 5.97. The van der Waals surface area contributed by atoms with Gasteiger partial charge in [0.15, 0.2) is 0 Å². The van der Waals surface area contributed by atoms with Crippen LogP contribution in [0, 0.1) is 0 Å². The molecule has 0 aromatic rings. The molecule has 1 saturated heterocycles. The maximum absolute atomic E-state index is 12.1. The average molecular weight is 227 g/mol. The Labute approximate surface area is 96.6 Å². The minimum Gasteiger partial charge on any atom is -0.353 e.